The predicted octanol–water partition coefficient (Wildman–Crippen LogP) is 3.18. The first-order valence-corrected chi connectivity index (χ1v) is 5.70. The molecule has 0 amide bonds. The molecule has 2 nitrogen and oxygen atoms in total. The predicted molar refractivity (Wildman–Crippen MR) is 62.9 cm³/mol. The van der Waals surface area contributed by atoms with Gasteiger partial charge in [-0.25, -0.2) is 4.39 Å². The second kappa shape index (κ2) is 5.47. The SMILES string of the molecule is CCOc1ccc(C(Br)N(C)C)cc1F. The van der Waals surface area contributed by atoms with Crippen LogP contribution in [0.15, 0.2) is 18.2 Å². The van der Waals surface area contributed by atoms with Crippen LogP contribution in [0.2, 0.25) is 0 Å². The topological polar surface area (TPSA) is 12.5 Å². The summed E-state index contributed by atoms with van der Waals surface area (Å²) in [5, 5.41) is 0. The zero-order chi connectivity index (χ0) is 11.4. The summed E-state index contributed by atoms with van der Waals surface area (Å²) in [5.41, 5.74) is 0.876. The number of hydrogen-bond acceptors (Lipinski definition) is 2. The molecule has 0 saturated heterocycles. The van der Waals surface area contributed by atoms with E-state index in [0.717, 1.165) is 5.56 Å². The van der Waals surface area contributed by atoms with Crippen LogP contribution in [0, 0.1) is 5.82 Å². The van der Waals surface area contributed by atoms with Crippen LogP contribution in [0.3, 0.4) is 0 Å². The van der Waals surface area contributed by atoms with E-state index in [0.29, 0.717) is 12.4 Å². The second-order valence-electron chi connectivity index (χ2n) is 3.42. The van der Waals surface area contributed by atoms with Gasteiger partial charge in [-0.2, -0.15) is 0 Å². The third-order valence-corrected chi connectivity index (χ3v) is 3.33. The number of alkyl halides is 1. The molecular formula is C11H15BrFNO. The highest BCUT2D eigenvalue weighted by Gasteiger charge is 2.12. The molecular weight excluding hydrogens is 261 g/mol. The standard InChI is InChI=1S/C11H15BrFNO/c1-4-15-10-6-5-8(7-9(10)13)11(12)14(2)3/h5-7,11H,4H2,1-3H3. The van der Waals surface area contributed by atoms with Gasteiger partial charge < -0.3 is 4.74 Å². The first-order valence-electron chi connectivity index (χ1n) is 4.79. The van der Waals surface area contributed by atoms with Gasteiger partial charge in [0.15, 0.2) is 11.6 Å². The zero-order valence-electron chi connectivity index (χ0n) is 9.13. The molecule has 1 atom stereocenters. The molecule has 0 bridgehead atoms. The van der Waals surface area contributed by atoms with Crippen LogP contribution >= 0.6 is 15.9 Å². The van der Waals surface area contributed by atoms with E-state index in [1.807, 2.05) is 32.0 Å². The summed E-state index contributed by atoms with van der Waals surface area (Å²) in [5.74, 6) is -0.0136. The Morgan fingerprint density at radius 1 is 1.47 bits per heavy atom. The Morgan fingerprint density at radius 3 is 2.60 bits per heavy atom. The molecule has 0 aliphatic heterocycles. The van der Waals surface area contributed by atoms with E-state index in [4.69, 9.17) is 4.74 Å². The molecule has 0 N–H and O–H groups in total. The van der Waals surface area contributed by atoms with Crippen molar-refractivity contribution in [3.63, 3.8) is 0 Å². The molecule has 1 aromatic carbocycles. The maximum atomic E-state index is 13.5. The van der Waals surface area contributed by atoms with Gasteiger partial charge in [-0.1, -0.05) is 22.0 Å². The summed E-state index contributed by atoms with van der Waals surface area (Å²) in [4.78, 5) is 1.97. The van der Waals surface area contributed by atoms with Gasteiger partial charge in [0.25, 0.3) is 0 Å². The van der Waals surface area contributed by atoms with E-state index in [1.54, 1.807) is 6.07 Å². The quantitative estimate of drug-likeness (QED) is 0.618. The Kier molecular flexibility index (Phi) is 4.54. The lowest BCUT2D eigenvalue weighted by atomic mass is 10.2. The Morgan fingerprint density at radius 2 is 2.13 bits per heavy atom. The minimum absolute atomic E-state index is 0.0164. The first kappa shape index (κ1) is 12.5. The molecule has 84 valence electrons. The van der Waals surface area contributed by atoms with Crippen LogP contribution in [0.5, 0.6) is 5.75 Å². The number of hydrogen-bond donors (Lipinski definition) is 0. The summed E-state index contributed by atoms with van der Waals surface area (Å²) in [6.07, 6.45) is 0. The Bertz CT molecular complexity index is 330. The Labute approximate surface area is 98.2 Å². The Balaban J connectivity index is 2.90. The highest BCUT2D eigenvalue weighted by molar-refractivity contribution is 9.09. The number of nitrogens with zero attached hydrogens (tertiary/aromatic N) is 1. The highest BCUT2D eigenvalue weighted by atomic mass is 79.9. The molecule has 1 rings (SSSR count). The van der Waals surface area contributed by atoms with E-state index < -0.39 is 0 Å². The molecule has 0 spiro atoms. The van der Waals surface area contributed by atoms with Gasteiger partial charge in [-0.3, -0.25) is 4.90 Å². The van der Waals surface area contributed by atoms with Crippen LogP contribution in [-0.2, 0) is 0 Å². The van der Waals surface area contributed by atoms with Crippen molar-refractivity contribution in [2.75, 3.05) is 20.7 Å². The van der Waals surface area contributed by atoms with Crippen molar-refractivity contribution in [3.05, 3.63) is 29.6 Å². The van der Waals surface area contributed by atoms with Gasteiger partial charge in [-0.05, 0) is 38.7 Å². The van der Waals surface area contributed by atoms with Crippen molar-refractivity contribution in [3.8, 4) is 5.75 Å². The van der Waals surface area contributed by atoms with Crippen molar-refractivity contribution in [1.29, 1.82) is 0 Å². The van der Waals surface area contributed by atoms with Gasteiger partial charge in [0.1, 0.15) is 0 Å². The fraction of sp³-hybridized carbons (Fsp3) is 0.455. The minimum Gasteiger partial charge on any atom is -0.491 e. The Hall–Kier alpha value is -0.610. The largest absolute Gasteiger partial charge is 0.491 e. The van der Waals surface area contributed by atoms with Gasteiger partial charge in [0.2, 0.25) is 0 Å². The van der Waals surface area contributed by atoms with Crippen molar-refractivity contribution in [2.45, 2.75) is 11.9 Å². The molecule has 0 aliphatic rings. The first-order chi connectivity index (χ1) is 7.06. The molecule has 1 aromatic rings. The van der Waals surface area contributed by atoms with Gasteiger partial charge in [0.05, 0.1) is 11.6 Å². The third-order valence-electron chi connectivity index (χ3n) is 1.98. The fourth-order valence-electron chi connectivity index (χ4n) is 1.24. The normalized spacial score (nSPS) is 12.9. The maximum absolute atomic E-state index is 13.5. The van der Waals surface area contributed by atoms with Crippen molar-refractivity contribution < 1.29 is 9.13 Å². The highest BCUT2D eigenvalue weighted by Crippen LogP contribution is 2.28. The lowest BCUT2D eigenvalue weighted by molar-refractivity contribution is 0.320. The van der Waals surface area contributed by atoms with Gasteiger partial charge in [-0.15, -0.1) is 0 Å². The van der Waals surface area contributed by atoms with Crippen molar-refractivity contribution >= 4 is 15.9 Å². The monoisotopic (exact) mass is 275 g/mol. The number of halogens is 2. The van der Waals surface area contributed by atoms with Crippen LogP contribution in [0.25, 0.3) is 0 Å². The molecule has 0 fully saturated rings. The molecule has 4 heteroatoms. The third kappa shape index (κ3) is 3.18. The van der Waals surface area contributed by atoms with Gasteiger partial charge >= 0.3 is 0 Å². The average Bonchev–Trinajstić information content (AvgIpc) is 2.20. The summed E-state index contributed by atoms with van der Waals surface area (Å²) in [7, 11) is 3.85. The molecule has 0 aromatic heterocycles. The number of benzene rings is 1. The van der Waals surface area contributed by atoms with Crippen LogP contribution < -0.4 is 4.74 Å². The van der Waals surface area contributed by atoms with Crippen LogP contribution in [0.1, 0.15) is 17.4 Å². The number of ether oxygens (including phenoxy) is 1. The average molecular weight is 276 g/mol. The summed E-state index contributed by atoms with van der Waals surface area (Å²) >= 11 is 3.47. The molecule has 0 heterocycles. The van der Waals surface area contributed by atoms with Crippen molar-refractivity contribution in [2.24, 2.45) is 0 Å². The maximum Gasteiger partial charge on any atom is 0.165 e. The molecule has 1 unspecified atom stereocenters. The van der Waals surface area contributed by atoms with E-state index in [1.165, 1.54) is 6.07 Å². The van der Waals surface area contributed by atoms with E-state index in [9.17, 15) is 4.39 Å². The van der Waals surface area contributed by atoms with Crippen molar-refractivity contribution in [1.82, 2.24) is 4.90 Å². The van der Waals surface area contributed by atoms with Crippen LogP contribution in [0.4, 0.5) is 4.39 Å². The van der Waals surface area contributed by atoms with E-state index >= 15 is 0 Å². The van der Waals surface area contributed by atoms with E-state index in [-0.39, 0.29) is 10.8 Å². The molecule has 0 saturated carbocycles. The molecule has 15 heavy (non-hydrogen) atoms. The smallest absolute Gasteiger partial charge is 0.165 e. The summed E-state index contributed by atoms with van der Waals surface area (Å²) in [6.45, 7) is 2.31. The molecule has 0 aliphatic carbocycles. The summed E-state index contributed by atoms with van der Waals surface area (Å²) in [6, 6.07) is 5.00. The van der Waals surface area contributed by atoms with Crippen LogP contribution in [-0.4, -0.2) is 25.6 Å². The minimum atomic E-state index is -0.319. The zero-order valence-corrected chi connectivity index (χ0v) is 10.7. The number of rotatable bonds is 4. The van der Waals surface area contributed by atoms with Gasteiger partial charge in [0, 0.05) is 0 Å². The fourth-order valence-corrected chi connectivity index (χ4v) is 1.52. The lowest BCUT2D eigenvalue weighted by Gasteiger charge is -2.18. The molecule has 0 radical (unpaired) electrons. The van der Waals surface area contributed by atoms with E-state index in [2.05, 4.69) is 15.9 Å². The lowest BCUT2D eigenvalue weighted by Crippen LogP contribution is -2.14. The second-order valence-corrected chi connectivity index (χ2v) is 4.29. The summed E-state index contributed by atoms with van der Waals surface area (Å²) < 4.78 is 18.6.